The molecule has 0 saturated heterocycles. The van der Waals surface area contributed by atoms with Crippen LogP contribution in [0.25, 0.3) is 0 Å². The van der Waals surface area contributed by atoms with Crippen molar-refractivity contribution in [2.24, 2.45) is 5.73 Å². The Labute approximate surface area is 123 Å². The number of benzene rings is 2. The van der Waals surface area contributed by atoms with Crippen LogP contribution in [0, 0.1) is 0 Å². The molecule has 0 amide bonds. The second-order valence-corrected chi connectivity index (χ2v) is 5.49. The van der Waals surface area contributed by atoms with Gasteiger partial charge in [-0.25, -0.2) is 0 Å². The number of nitrogens with two attached hydrogens (primary N) is 1. The highest BCUT2D eigenvalue weighted by Gasteiger charge is 2.04. The normalized spacial score (nSPS) is 10.5. The molecular formula is C16H19BrN2. The third kappa shape index (κ3) is 3.82. The summed E-state index contributed by atoms with van der Waals surface area (Å²) < 4.78 is 1.18. The molecule has 3 heteroatoms. The fourth-order valence-corrected chi connectivity index (χ4v) is 2.52. The number of hydrogen-bond donors (Lipinski definition) is 1. The molecule has 100 valence electrons. The van der Waals surface area contributed by atoms with E-state index >= 15 is 0 Å². The number of anilines is 1. The van der Waals surface area contributed by atoms with Crippen LogP contribution in [0.4, 0.5) is 5.69 Å². The first-order chi connectivity index (χ1) is 9.20. The molecule has 0 aliphatic heterocycles. The Morgan fingerprint density at radius 3 is 2.63 bits per heavy atom. The fourth-order valence-electron chi connectivity index (χ4n) is 2.04. The molecule has 0 atom stereocenters. The van der Waals surface area contributed by atoms with Crippen LogP contribution in [-0.4, -0.2) is 13.6 Å². The van der Waals surface area contributed by atoms with Crippen LogP contribution in [-0.2, 0) is 13.0 Å². The zero-order chi connectivity index (χ0) is 13.7. The van der Waals surface area contributed by atoms with E-state index in [1.54, 1.807) is 0 Å². The standard InChI is InChI=1S/C16H19BrN2/c1-19(15-7-4-5-13(11-15)12-18)10-9-14-6-2-3-8-16(14)17/h2-8,11H,9-10,12,18H2,1H3. The quantitative estimate of drug-likeness (QED) is 0.912. The molecule has 0 unspecified atom stereocenters. The van der Waals surface area contributed by atoms with Gasteiger partial charge >= 0.3 is 0 Å². The molecular weight excluding hydrogens is 300 g/mol. The third-order valence-electron chi connectivity index (χ3n) is 3.26. The molecule has 0 aliphatic carbocycles. The van der Waals surface area contributed by atoms with Crippen molar-refractivity contribution in [3.05, 3.63) is 64.1 Å². The molecule has 0 fully saturated rings. The van der Waals surface area contributed by atoms with E-state index in [0.29, 0.717) is 6.54 Å². The second kappa shape index (κ2) is 6.73. The van der Waals surface area contributed by atoms with E-state index in [9.17, 15) is 0 Å². The average molecular weight is 319 g/mol. The summed E-state index contributed by atoms with van der Waals surface area (Å²) in [4.78, 5) is 2.26. The van der Waals surface area contributed by atoms with Crippen LogP contribution in [0.5, 0.6) is 0 Å². The van der Waals surface area contributed by atoms with Crippen molar-refractivity contribution in [2.75, 3.05) is 18.5 Å². The van der Waals surface area contributed by atoms with Crippen molar-refractivity contribution >= 4 is 21.6 Å². The number of hydrogen-bond acceptors (Lipinski definition) is 2. The van der Waals surface area contributed by atoms with Gasteiger partial charge in [0.2, 0.25) is 0 Å². The van der Waals surface area contributed by atoms with Crippen LogP contribution >= 0.6 is 15.9 Å². The smallest absolute Gasteiger partial charge is 0.0366 e. The van der Waals surface area contributed by atoms with Crippen molar-refractivity contribution in [1.29, 1.82) is 0 Å². The summed E-state index contributed by atoms with van der Waals surface area (Å²) in [7, 11) is 2.12. The number of rotatable bonds is 5. The van der Waals surface area contributed by atoms with Gasteiger partial charge in [-0.15, -0.1) is 0 Å². The van der Waals surface area contributed by atoms with Gasteiger partial charge in [-0.3, -0.25) is 0 Å². The number of likely N-dealkylation sites (N-methyl/N-ethyl adjacent to an activating group) is 1. The van der Waals surface area contributed by atoms with Crippen molar-refractivity contribution in [3.8, 4) is 0 Å². The molecule has 2 nitrogen and oxygen atoms in total. The van der Waals surface area contributed by atoms with Gasteiger partial charge in [-0.1, -0.05) is 46.3 Å². The van der Waals surface area contributed by atoms with Gasteiger partial charge in [-0.05, 0) is 35.7 Å². The highest BCUT2D eigenvalue weighted by molar-refractivity contribution is 9.10. The first-order valence-corrected chi connectivity index (χ1v) is 7.23. The van der Waals surface area contributed by atoms with Crippen molar-refractivity contribution in [2.45, 2.75) is 13.0 Å². The zero-order valence-electron chi connectivity index (χ0n) is 11.1. The molecule has 0 bridgehead atoms. The zero-order valence-corrected chi connectivity index (χ0v) is 12.7. The lowest BCUT2D eigenvalue weighted by atomic mass is 10.1. The minimum Gasteiger partial charge on any atom is -0.374 e. The van der Waals surface area contributed by atoms with Gasteiger partial charge in [0.1, 0.15) is 0 Å². The Balaban J connectivity index is 2.01. The van der Waals surface area contributed by atoms with Crippen molar-refractivity contribution in [1.82, 2.24) is 0 Å². The summed E-state index contributed by atoms with van der Waals surface area (Å²) in [6.07, 6.45) is 1.02. The highest BCUT2D eigenvalue weighted by atomic mass is 79.9. The first-order valence-electron chi connectivity index (χ1n) is 6.44. The van der Waals surface area contributed by atoms with Crippen LogP contribution < -0.4 is 10.6 Å². The number of nitrogens with zero attached hydrogens (tertiary/aromatic N) is 1. The molecule has 19 heavy (non-hydrogen) atoms. The summed E-state index contributed by atoms with van der Waals surface area (Å²) in [5.41, 5.74) is 9.41. The summed E-state index contributed by atoms with van der Waals surface area (Å²) in [5.74, 6) is 0. The Hall–Kier alpha value is -1.32. The Bertz CT molecular complexity index is 540. The van der Waals surface area contributed by atoms with Gasteiger partial charge in [0.15, 0.2) is 0 Å². The molecule has 0 aliphatic rings. The minimum atomic E-state index is 0.589. The van der Waals surface area contributed by atoms with Crippen LogP contribution in [0.3, 0.4) is 0 Å². The molecule has 2 aromatic carbocycles. The fraction of sp³-hybridized carbons (Fsp3) is 0.250. The summed E-state index contributed by atoms with van der Waals surface area (Å²) in [6.45, 7) is 1.57. The van der Waals surface area contributed by atoms with Crippen molar-refractivity contribution < 1.29 is 0 Å². The van der Waals surface area contributed by atoms with Crippen LogP contribution in [0.15, 0.2) is 53.0 Å². The summed E-state index contributed by atoms with van der Waals surface area (Å²) in [5, 5.41) is 0. The molecule has 0 aromatic heterocycles. The molecule has 0 spiro atoms. The molecule has 0 saturated carbocycles. The first kappa shape index (κ1) is 14.1. The lowest BCUT2D eigenvalue weighted by molar-refractivity contribution is 0.872. The Kier molecular flexibility index (Phi) is 5.00. The minimum absolute atomic E-state index is 0.589. The van der Waals surface area contributed by atoms with Crippen LogP contribution in [0.2, 0.25) is 0 Å². The van der Waals surface area contributed by atoms with Gasteiger partial charge in [0.05, 0.1) is 0 Å². The molecule has 0 radical (unpaired) electrons. The maximum atomic E-state index is 5.68. The predicted octanol–water partition coefficient (Wildman–Crippen LogP) is 3.59. The second-order valence-electron chi connectivity index (χ2n) is 4.64. The predicted molar refractivity (Wildman–Crippen MR) is 85.4 cm³/mol. The SMILES string of the molecule is CN(CCc1ccccc1Br)c1cccc(CN)c1. The van der Waals surface area contributed by atoms with Gasteiger partial charge in [-0.2, -0.15) is 0 Å². The molecule has 2 N–H and O–H groups in total. The van der Waals surface area contributed by atoms with E-state index in [4.69, 9.17) is 5.73 Å². The summed E-state index contributed by atoms with van der Waals surface area (Å²) >= 11 is 3.59. The molecule has 2 aromatic rings. The highest BCUT2D eigenvalue weighted by Crippen LogP contribution is 2.19. The number of halogens is 1. The van der Waals surface area contributed by atoms with Gasteiger partial charge in [0.25, 0.3) is 0 Å². The summed E-state index contributed by atoms with van der Waals surface area (Å²) in [6, 6.07) is 16.8. The van der Waals surface area contributed by atoms with Gasteiger partial charge in [0, 0.05) is 30.3 Å². The van der Waals surface area contributed by atoms with E-state index in [0.717, 1.165) is 13.0 Å². The third-order valence-corrected chi connectivity index (χ3v) is 4.04. The van der Waals surface area contributed by atoms with Crippen molar-refractivity contribution in [3.63, 3.8) is 0 Å². The average Bonchev–Trinajstić information content (AvgIpc) is 2.46. The van der Waals surface area contributed by atoms with E-state index in [2.05, 4.69) is 70.3 Å². The van der Waals surface area contributed by atoms with Crippen LogP contribution in [0.1, 0.15) is 11.1 Å². The topological polar surface area (TPSA) is 29.3 Å². The maximum absolute atomic E-state index is 5.68. The van der Waals surface area contributed by atoms with E-state index in [1.807, 2.05) is 6.07 Å². The maximum Gasteiger partial charge on any atom is 0.0366 e. The monoisotopic (exact) mass is 318 g/mol. The largest absolute Gasteiger partial charge is 0.374 e. The van der Waals surface area contributed by atoms with E-state index in [1.165, 1.54) is 21.3 Å². The lowest BCUT2D eigenvalue weighted by Gasteiger charge is -2.20. The van der Waals surface area contributed by atoms with E-state index < -0.39 is 0 Å². The van der Waals surface area contributed by atoms with Gasteiger partial charge < -0.3 is 10.6 Å². The Morgan fingerprint density at radius 1 is 1.11 bits per heavy atom. The molecule has 0 heterocycles. The Morgan fingerprint density at radius 2 is 1.89 bits per heavy atom. The lowest BCUT2D eigenvalue weighted by Crippen LogP contribution is -2.20. The van der Waals surface area contributed by atoms with E-state index in [-0.39, 0.29) is 0 Å². The molecule has 2 rings (SSSR count).